The normalized spacial score (nSPS) is 18.3. The monoisotopic (exact) mass is 382 g/mol. The molecule has 2 amide bonds. The highest BCUT2D eigenvalue weighted by molar-refractivity contribution is 6.01. The number of rotatable bonds is 5. The van der Waals surface area contributed by atoms with Gasteiger partial charge in [0.05, 0.1) is 32.6 Å². The number of aromatic nitrogens is 1. The Morgan fingerprint density at radius 3 is 2.50 bits per heavy atom. The van der Waals surface area contributed by atoms with Crippen molar-refractivity contribution < 1.29 is 14.3 Å². The van der Waals surface area contributed by atoms with E-state index in [1.54, 1.807) is 18.2 Å². The zero-order valence-corrected chi connectivity index (χ0v) is 16.1. The van der Waals surface area contributed by atoms with E-state index in [4.69, 9.17) is 9.47 Å². The lowest BCUT2D eigenvalue weighted by Crippen LogP contribution is -2.55. The van der Waals surface area contributed by atoms with Gasteiger partial charge in [-0.25, -0.2) is 9.78 Å². The largest absolute Gasteiger partial charge is 0.495 e. The van der Waals surface area contributed by atoms with Crippen molar-refractivity contribution in [1.82, 2.24) is 9.88 Å². The second-order valence-electron chi connectivity index (χ2n) is 7.18. The summed E-state index contributed by atoms with van der Waals surface area (Å²) in [5.41, 5.74) is 0.773. The molecule has 148 valence electrons. The first kappa shape index (κ1) is 18.7. The fraction of sp³-hybridized carbons (Fsp3) is 0.429. The van der Waals surface area contributed by atoms with Gasteiger partial charge in [0.25, 0.3) is 0 Å². The Morgan fingerprint density at radius 1 is 1.18 bits per heavy atom. The van der Waals surface area contributed by atoms with Gasteiger partial charge >= 0.3 is 6.03 Å². The molecule has 2 aliphatic heterocycles. The molecule has 2 saturated heterocycles. The molecule has 2 fully saturated rings. The van der Waals surface area contributed by atoms with Crippen molar-refractivity contribution in [2.24, 2.45) is 0 Å². The number of amides is 2. The average molecular weight is 382 g/mol. The molecular formula is C21H26N4O3. The maximum Gasteiger partial charge on any atom is 0.327 e. The molecule has 1 N–H and O–H groups in total. The molecule has 2 aliphatic rings. The van der Waals surface area contributed by atoms with Crippen molar-refractivity contribution in [2.75, 3.05) is 43.6 Å². The van der Waals surface area contributed by atoms with Gasteiger partial charge in [-0.3, -0.25) is 9.80 Å². The van der Waals surface area contributed by atoms with Crippen LogP contribution in [0.4, 0.5) is 16.3 Å². The molecule has 0 bridgehead atoms. The molecule has 0 radical (unpaired) electrons. The number of carbonyl (C=O) groups excluding carboxylic acids is 1. The fourth-order valence-electron chi connectivity index (χ4n) is 3.74. The van der Waals surface area contributed by atoms with E-state index in [2.05, 4.69) is 15.2 Å². The molecular weight excluding hydrogens is 356 g/mol. The zero-order valence-electron chi connectivity index (χ0n) is 16.1. The predicted molar refractivity (Wildman–Crippen MR) is 108 cm³/mol. The quantitative estimate of drug-likeness (QED) is 0.861. The third kappa shape index (κ3) is 4.10. The number of pyridine rings is 1. The molecule has 4 rings (SSSR count). The summed E-state index contributed by atoms with van der Waals surface area (Å²) in [6, 6.07) is 13.7. The highest BCUT2D eigenvalue weighted by Gasteiger charge is 2.34. The number of nitrogens with one attached hydrogen (secondary N) is 1. The Morgan fingerprint density at radius 2 is 1.93 bits per heavy atom. The Hall–Kier alpha value is -2.64. The summed E-state index contributed by atoms with van der Waals surface area (Å²) in [6.45, 7) is 3.57. The van der Waals surface area contributed by atoms with Crippen molar-refractivity contribution in [2.45, 2.75) is 24.9 Å². The molecule has 7 heteroatoms. The van der Waals surface area contributed by atoms with E-state index in [-0.39, 0.29) is 12.1 Å². The molecule has 1 aromatic heterocycles. The maximum absolute atomic E-state index is 13.2. The smallest absolute Gasteiger partial charge is 0.327 e. The van der Waals surface area contributed by atoms with Crippen LogP contribution in [0.2, 0.25) is 0 Å². The van der Waals surface area contributed by atoms with E-state index in [0.29, 0.717) is 17.6 Å². The van der Waals surface area contributed by atoms with Gasteiger partial charge in [0.2, 0.25) is 0 Å². The third-order valence-electron chi connectivity index (χ3n) is 5.45. The summed E-state index contributed by atoms with van der Waals surface area (Å²) < 4.78 is 10.5. The van der Waals surface area contributed by atoms with Crippen molar-refractivity contribution in [3.63, 3.8) is 0 Å². The van der Waals surface area contributed by atoms with Crippen molar-refractivity contribution in [3.05, 3.63) is 48.7 Å². The molecule has 1 aromatic carbocycles. The molecule has 0 aliphatic carbocycles. The van der Waals surface area contributed by atoms with E-state index in [0.717, 1.165) is 44.8 Å². The molecule has 0 atom stereocenters. The van der Waals surface area contributed by atoms with Crippen LogP contribution in [0.3, 0.4) is 0 Å². The lowest BCUT2D eigenvalue weighted by Gasteiger charge is -2.43. The highest BCUT2D eigenvalue weighted by atomic mass is 16.5. The van der Waals surface area contributed by atoms with Crippen molar-refractivity contribution >= 4 is 17.5 Å². The van der Waals surface area contributed by atoms with E-state index in [9.17, 15) is 4.79 Å². The molecule has 2 aromatic rings. The number of benzene rings is 1. The number of carbonyl (C=O) groups is 1. The minimum absolute atomic E-state index is 0.0989. The van der Waals surface area contributed by atoms with Crippen LogP contribution in [-0.4, -0.2) is 61.4 Å². The highest BCUT2D eigenvalue weighted by Crippen LogP contribution is 2.26. The van der Waals surface area contributed by atoms with Gasteiger partial charge < -0.3 is 14.8 Å². The molecule has 0 spiro atoms. The van der Waals surface area contributed by atoms with Crippen LogP contribution in [0, 0.1) is 0 Å². The second-order valence-corrected chi connectivity index (χ2v) is 7.18. The van der Waals surface area contributed by atoms with Crippen molar-refractivity contribution in [3.8, 4) is 5.75 Å². The van der Waals surface area contributed by atoms with Gasteiger partial charge in [-0.1, -0.05) is 18.2 Å². The number of urea groups is 1. The summed E-state index contributed by atoms with van der Waals surface area (Å²) in [7, 11) is 1.61. The first-order valence-corrected chi connectivity index (χ1v) is 9.71. The number of ether oxygens (including phenoxy) is 2. The van der Waals surface area contributed by atoms with Crippen LogP contribution in [0.15, 0.2) is 48.7 Å². The van der Waals surface area contributed by atoms with Gasteiger partial charge in [-0.2, -0.15) is 0 Å². The molecule has 7 nitrogen and oxygen atoms in total. The summed E-state index contributed by atoms with van der Waals surface area (Å²) in [6.07, 6.45) is 3.47. The van der Waals surface area contributed by atoms with Gasteiger partial charge in [-0.15, -0.1) is 0 Å². The summed E-state index contributed by atoms with van der Waals surface area (Å²) >= 11 is 0. The number of hydrogen-bond donors (Lipinski definition) is 1. The first-order valence-electron chi connectivity index (χ1n) is 9.71. The summed E-state index contributed by atoms with van der Waals surface area (Å²) in [4.78, 5) is 21.9. The Bertz CT molecular complexity index is 772. The minimum atomic E-state index is -0.158. The molecule has 0 unspecified atom stereocenters. The molecule has 0 saturated carbocycles. The van der Waals surface area contributed by atoms with Gasteiger partial charge in [0.15, 0.2) is 0 Å². The number of anilines is 2. The fourth-order valence-corrected chi connectivity index (χ4v) is 3.74. The first-order chi connectivity index (χ1) is 13.7. The van der Waals surface area contributed by atoms with Crippen LogP contribution < -0.4 is 15.0 Å². The number of likely N-dealkylation sites (tertiary alicyclic amines) is 1. The van der Waals surface area contributed by atoms with E-state index >= 15 is 0 Å². The number of piperidine rings is 1. The SMILES string of the molecule is COc1ccc(N(C(=O)Nc2ccccc2)C2CCN(C3COC3)CC2)nc1. The summed E-state index contributed by atoms with van der Waals surface area (Å²) in [5, 5.41) is 3.00. The van der Waals surface area contributed by atoms with Crippen LogP contribution in [0.1, 0.15) is 12.8 Å². The Balaban J connectivity index is 1.51. The Labute approximate surface area is 165 Å². The average Bonchev–Trinajstić information content (AvgIpc) is 2.69. The standard InChI is InChI=1S/C21H26N4O3/c1-27-19-7-8-20(22-13-19)25(21(26)23-16-5-3-2-4-6-16)17-9-11-24(12-10-17)18-14-28-15-18/h2-8,13,17-18H,9-12,14-15H2,1H3,(H,23,26). The number of hydrogen-bond acceptors (Lipinski definition) is 5. The number of nitrogens with zero attached hydrogens (tertiary/aromatic N) is 3. The van der Waals surface area contributed by atoms with E-state index in [1.807, 2.05) is 42.5 Å². The lowest BCUT2D eigenvalue weighted by molar-refractivity contribution is -0.0710. The Kier molecular flexibility index (Phi) is 5.73. The van der Waals surface area contributed by atoms with Crippen LogP contribution >= 0.6 is 0 Å². The second kappa shape index (κ2) is 8.58. The number of methoxy groups -OCH3 is 1. The van der Waals surface area contributed by atoms with Crippen LogP contribution in [-0.2, 0) is 4.74 Å². The third-order valence-corrected chi connectivity index (χ3v) is 5.45. The van der Waals surface area contributed by atoms with Gasteiger partial charge in [0, 0.05) is 24.8 Å². The topological polar surface area (TPSA) is 66.9 Å². The predicted octanol–water partition coefficient (Wildman–Crippen LogP) is 2.99. The molecule has 3 heterocycles. The van der Waals surface area contributed by atoms with Crippen molar-refractivity contribution in [1.29, 1.82) is 0 Å². The maximum atomic E-state index is 13.2. The minimum Gasteiger partial charge on any atom is -0.495 e. The van der Waals surface area contributed by atoms with Gasteiger partial charge in [-0.05, 0) is 37.1 Å². The lowest BCUT2D eigenvalue weighted by atomic mass is 10.0. The van der Waals surface area contributed by atoms with Crippen LogP contribution in [0.25, 0.3) is 0 Å². The van der Waals surface area contributed by atoms with E-state index < -0.39 is 0 Å². The van der Waals surface area contributed by atoms with Crippen LogP contribution in [0.5, 0.6) is 5.75 Å². The molecule has 28 heavy (non-hydrogen) atoms. The van der Waals surface area contributed by atoms with Gasteiger partial charge in [0.1, 0.15) is 11.6 Å². The van der Waals surface area contributed by atoms with E-state index in [1.165, 1.54) is 0 Å². The zero-order chi connectivity index (χ0) is 19.3. The summed E-state index contributed by atoms with van der Waals surface area (Å²) in [5.74, 6) is 1.31. The number of para-hydroxylation sites is 1.